The van der Waals surface area contributed by atoms with Gasteiger partial charge in [0.1, 0.15) is 5.75 Å². The summed E-state index contributed by atoms with van der Waals surface area (Å²) in [6.07, 6.45) is 0.356. The van der Waals surface area contributed by atoms with Crippen LogP contribution < -0.4 is 4.43 Å². The van der Waals surface area contributed by atoms with Crippen molar-refractivity contribution in [2.24, 2.45) is 0 Å². The number of hydrogen-bond donors (Lipinski definition) is 1. The molecule has 1 unspecified atom stereocenters. The second-order valence-corrected chi connectivity index (χ2v) is 13.1. The summed E-state index contributed by atoms with van der Waals surface area (Å²) < 4.78 is 6.46. The summed E-state index contributed by atoms with van der Waals surface area (Å²) in [5.41, 5.74) is 4.48. The van der Waals surface area contributed by atoms with Crippen molar-refractivity contribution in [3.05, 3.63) is 53.6 Å². The van der Waals surface area contributed by atoms with Crippen LogP contribution in [0.4, 0.5) is 0 Å². The Kier molecular flexibility index (Phi) is 5.80. The highest BCUT2D eigenvalue weighted by Crippen LogP contribution is 2.38. The van der Waals surface area contributed by atoms with Gasteiger partial charge in [0.2, 0.25) is 8.32 Å². The summed E-state index contributed by atoms with van der Waals surface area (Å²) in [7, 11) is -1.83. The monoisotopic (exact) mass is 356 g/mol. The molecule has 0 aliphatic carbocycles. The van der Waals surface area contributed by atoms with Crippen LogP contribution in [0, 0.1) is 6.92 Å². The van der Waals surface area contributed by atoms with Gasteiger partial charge in [-0.15, -0.1) is 0 Å². The van der Waals surface area contributed by atoms with Crippen LogP contribution in [0.1, 0.15) is 51.3 Å². The van der Waals surface area contributed by atoms with Crippen molar-refractivity contribution >= 4 is 8.32 Å². The summed E-state index contributed by atoms with van der Waals surface area (Å²) in [6, 6.07) is 14.6. The van der Waals surface area contributed by atoms with Gasteiger partial charge in [0, 0.05) is 0 Å². The van der Waals surface area contributed by atoms with Gasteiger partial charge >= 0.3 is 0 Å². The van der Waals surface area contributed by atoms with Crippen molar-refractivity contribution in [1.82, 2.24) is 0 Å². The average molecular weight is 357 g/mol. The van der Waals surface area contributed by atoms with E-state index in [1.165, 1.54) is 11.1 Å². The fraction of sp³-hybridized carbons (Fsp3) is 0.455. The fourth-order valence-electron chi connectivity index (χ4n) is 2.50. The lowest BCUT2D eigenvalue weighted by molar-refractivity contribution is 0.173. The highest BCUT2D eigenvalue weighted by Gasteiger charge is 2.39. The molecule has 2 rings (SSSR count). The van der Waals surface area contributed by atoms with E-state index in [1.54, 1.807) is 0 Å². The molecule has 0 aliphatic rings. The molecule has 1 N–H and O–H groups in total. The van der Waals surface area contributed by atoms with Gasteiger partial charge in [-0.05, 0) is 65.9 Å². The molecule has 0 radical (unpaired) electrons. The maximum atomic E-state index is 9.93. The molecule has 0 aromatic heterocycles. The van der Waals surface area contributed by atoms with Gasteiger partial charge in [0.25, 0.3) is 0 Å². The highest BCUT2D eigenvalue weighted by molar-refractivity contribution is 6.74. The maximum absolute atomic E-state index is 9.93. The molecule has 136 valence electrons. The molecule has 0 spiro atoms. The zero-order valence-electron chi connectivity index (χ0n) is 16.7. The Hall–Kier alpha value is -1.58. The Morgan fingerprint density at radius 1 is 1.00 bits per heavy atom. The summed E-state index contributed by atoms with van der Waals surface area (Å²) in [6.45, 7) is 15.4. The molecule has 3 heteroatoms. The van der Waals surface area contributed by atoms with Crippen LogP contribution in [0.15, 0.2) is 42.5 Å². The topological polar surface area (TPSA) is 29.5 Å². The van der Waals surface area contributed by atoms with E-state index in [0.717, 1.165) is 23.3 Å². The predicted octanol–water partition coefficient (Wildman–Crippen LogP) is 6.49. The molecular formula is C22H32O2Si. The van der Waals surface area contributed by atoms with E-state index in [1.807, 2.05) is 19.1 Å². The number of benzene rings is 2. The first-order valence-electron chi connectivity index (χ1n) is 9.13. The molecule has 2 nitrogen and oxygen atoms in total. The van der Waals surface area contributed by atoms with Crippen LogP contribution in [-0.4, -0.2) is 13.4 Å². The van der Waals surface area contributed by atoms with Gasteiger partial charge in [-0.1, -0.05) is 58.0 Å². The molecule has 0 fully saturated rings. The van der Waals surface area contributed by atoms with E-state index in [2.05, 4.69) is 71.1 Å². The Labute approximate surface area is 154 Å². The quantitative estimate of drug-likeness (QED) is 0.620. The van der Waals surface area contributed by atoms with Crippen LogP contribution in [0.2, 0.25) is 18.1 Å². The maximum Gasteiger partial charge on any atom is 0.250 e. The molecule has 0 bridgehead atoms. The Balaban J connectivity index is 2.25. The molecule has 2 aromatic rings. The standard InChI is InChI=1S/C22H32O2Si/c1-8-20(23)18-11-9-17(10-12-18)19-13-14-21(16(2)15-19)24-25(6,7)22(3,4)5/h9-15,20,23H,8H2,1-7H3. The van der Waals surface area contributed by atoms with Crippen molar-refractivity contribution in [3.8, 4) is 16.9 Å². The Morgan fingerprint density at radius 2 is 1.56 bits per heavy atom. The zero-order valence-corrected chi connectivity index (χ0v) is 17.7. The number of aliphatic hydroxyl groups is 1. The first kappa shape index (κ1) is 19.7. The van der Waals surface area contributed by atoms with E-state index in [0.29, 0.717) is 0 Å². The molecule has 25 heavy (non-hydrogen) atoms. The summed E-state index contributed by atoms with van der Waals surface area (Å²) >= 11 is 0. The van der Waals surface area contributed by atoms with Gasteiger partial charge in [-0.2, -0.15) is 0 Å². The molecular weight excluding hydrogens is 324 g/mol. The predicted molar refractivity (Wildman–Crippen MR) is 110 cm³/mol. The highest BCUT2D eigenvalue weighted by atomic mass is 28.4. The minimum atomic E-state index is -1.83. The van der Waals surface area contributed by atoms with Gasteiger partial charge < -0.3 is 9.53 Å². The lowest BCUT2D eigenvalue weighted by Gasteiger charge is -2.37. The largest absolute Gasteiger partial charge is 0.543 e. The van der Waals surface area contributed by atoms with Crippen molar-refractivity contribution in [2.45, 2.75) is 65.3 Å². The molecule has 2 aromatic carbocycles. The van der Waals surface area contributed by atoms with Crippen molar-refractivity contribution in [3.63, 3.8) is 0 Å². The van der Waals surface area contributed by atoms with Crippen molar-refractivity contribution in [2.75, 3.05) is 0 Å². The van der Waals surface area contributed by atoms with Crippen LogP contribution in [0.25, 0.3) is 11.1 Å². The summed E-state index contributed by atoms with van der Waals surface area (Å²) in [4.78, 5) is 0. The summed E-state index contributed by atoms with van der Waals surface area (Å²) in [5, 5.41) is 10.1. The third-order valence-electron chi connectivity index (χ3n) is 5.36. The van der Waals surface area contributed by atoms with E-state index in [4.69, 9.17) is 4.43 Å². The van der Waals surface area contributed by atoms with Crippen molar-refractivity contribution in [1.29, 1.82) is 0 Å². The molecule has 0 saturated heterocycles. The molecule has 0 amide bonds. The third kappa shape index (κ3) is 4.53. The minimum Gasteiger partial charge on any atom is -0.543 e. The zero-order chi connectivity index (χ0) is 18.8. The molecule has 0 heterocycles. The fourth-order valence-corrected chi connectivity index (χ4v) is 3.59. The van der Waals surface area contributed by atoms with Gasteiger partial charge in [0.15, 0.2) is 0 Å². The minimum absolute atomic E-state index is 0.189. The van der Waals surface area contributed by atoms with Crippen LogP contribution >= 0.6 is 0 Å². The second-order valence-electron chi connectivity index (χ2n) is 8.39. The van der Waals surface area contributed by atoms with Crippen LogP contribution in [0.3, 0.4) is 0 Å². The first-order chi connectivity index (χ1) is 11.5. The number of aliphatic hydroxyl groups excluding tert-OH is 1. The van der Waals surface area contributed by atoms with Crippen LogP contribution in [0.5, 0.6) is 5.75 Å². The van der Waals surface area contributed by atoms with E-state index in [9.17, 15) is 5.11 Å². The van der Waals surface area contributed by atoms with Crippen molar-refractivity contribution < 1.29 is 9.53 Å². The number of aryl methyl sites for hydroxylation is 1. The third-order valence-corrected chi connectivity index (χ3v) is 9.70. The van der Waals surface area contributed by atoms with Gasteiger partial charge in [0.05, 0.1) is 6.10 Å². The summed E-state index contributed by atoms with van der Waals surface area (Å²) in [5.74, 6) is 0.994. The van der Waals surface area contributed by atoms with Crippen LogP contribution in [-0.2, 0) is 0 Å². The number of hydrogen-bond acceptors (Lipinski definition) is 2. The first-order valence-corrected chi connectivity index (χ1v) is 12.0. The molecule has 0 saturated carbocycles. The Bertz CT molecular complexity index is 712. The van der Waals surface area contributed by atoms with E-state index >= 15 is 0 Å². The Morgan fingerprint density at radius 3 is 2.04 bits per heavy atom. The van der Waals surface area contributed by atoms with Gasteiger partial charge in [-0.25, -0.2) is 0 Å². The normalized spacial score (nSPS) is 13.6. The lowest BCUT2D eigenvalue weighted by atomic mass is 9.99. The molecule has 0 aliphatic heterocycles. The van der Waals surface area contributed by atoms with E-state index < -0.39 is 8.32 Å². The average Bonchev–Trinajstić information content (AvgIpc) is 2.55. The lowest BCUT2D eigenvalue weighted by Crippen LogP contribution is -2.44. The van der Waals surface area contributed by atoms with E-state index in [-0.39, 0.29) is 11.1 Å². The number of rotatable bonds is 5. The smallest absolute Gasteiger partial charge is 0.250 e. The second kappa shape index (κ2) is 7.34. The van der Waals surface area contributed by atoms with Gasteiger partial charge in [-0.3, -0.25) is 0 Å². The SMILES string of the molecule is CCC(O)c1ccc(-c2ccc(O[Si](C)(C)C(C)(C)C)c(C)c2)cc1. The molecule has 1 atom stereocenters.